The highest BCUT2D eigenvalue weighted by Crippen LogP contribution is 2.23. The van der Waals surface area contributed by atoms with Gasteiger partial charge in [-0.3, -0.25) is 4.79 Å². The number of hydrogen-bond donors (Lipinski definition) is 1. The Morgan fingerprint density at radius 3 is 2.23 bits per heavy atom. The topological polar surface area (TPSA) is 62.4 Å². The normalized spacial score (nSPS) is 10.7. The van der Waals surface area contributed by atoms with Crippen molar-refractivity contribution in [2.45, 2.75) is 40.8 Å². The smallest absolute Gasteiger partial charge is 0.355 e. The van der Waals surface area contributed by atoms with Crippen molar-refractivity contribution in [3.05, 3.63) is 93.8 Å². The maximum Gasteiger partial charge on any atom is 0.355 e. The van der Waals surface area contributed by atoms with Gasteiger partial charge in [-0.2, -0.15) is 0 Å². The molecule has 1 N–H and O–H groups in total. The number of benzene rings is 2. The Morgan fingerprint density at radius 2 is 1.60 bits per heavy atom. The van der Waals surface area contributed by atoms with Crippen molar-refractivity contribution in [3.8, 4) is 0 Å². The lowest BCUT2D eigenvalue weighted by atomic mass is 10.1. The molecule has 1 amide bonds. The first kappa shape index (κ1) is 21.4. The van der Waals surface area contributed by atoms with Crippen molar-refractivity contribution in [1.29, 1.82) is 0 Å². The van der Waals surface area contributed by atoms with Crippen LogP contribution in [0.15, 0.2) is 54.6 Å². The third kappa shape index (κ3) is 4.79. The number of ether oxygens (including phenoxy) is 1. The SMILES string of the molecule is CCOC(=O)c1[nH]c(C)c(CN(Cc2ccc(C)cc2)C(=O)c2ccccc2)c1C. The van der Waals surface area contributed by atoms with Gasteiger partial charge in [-0.15, -0.1) is 0 Å². The lowest BCUT2D eigenvalue weighted by molar-refractivity contribution is 0.0519. The zero-order valence-corrected chi connectivity index (χ0v) is 18.0. The fourth-order valence-electron chi connectivity index (χ4n) is 3.50. The van der Waals surface area contributed by atoms with E-state index in [1.165, 1.54) is 5.56 Å². The number of amides is 1. The van der Waals surface area contributed by atoms with Gasteiger partial charge in [-0.1, -0.05) is 48.0 Å². The Balaban J connectivity index is 1.93. The molecule has 5 heteroatoms. The Labute approximate surface area is 177 Å². The number of rotatable bonds is 7. The van der Waals surface area contributed by atoms with Crippen LogP contribution in [0.25, 0.3) is 0 Å². The predicted molar refractivity (Wildman–Crippen MR) is 117 cm³/mol. The molecule has 0 atom stereocenters. The molecule has 1 heterocycles. The molecule has 30 heavy (non-hydrogen) atoms. The van der Waals surface area contributed by atoms with Crippen LogP contribution in [0.1, 0.15) is 55.7 Å². The summed E-state index contributed by atoms with van der Waals surface area (Å²) in [6.45, 7) is 8.83. The highest BCUT2D eigenvalue weighted by molar-refractivity contribution is 5.94. The van der Waals surface area contributed by atoms with E-state index in [4.69, 9.17) is 4.74 Å². The van der Waals surface area contributed by atoms with E-state index >= 15 is 0 Å². The van der Waals surface area contributed by atoms with E-state index in [9.17, 15) is 9.59 Å². The van der Waals surface area contributed by atoms with Gasteiger partial charge in [0, 0.05) is 24.3 Å². The van der Waals surface area contributed by atoms with E-state index in [2.05, 4.69) is 4.98 Å². The number of aryl methyl sites for hydroxylation is 2. The zero-order chi connectivity index (χ0) is 21.7. The molecule has 0 radical (unpaired) electrons. The lowest BCUT2D eigenvalue weighted by Crippen LogP contribution is -2.30. The second-order valence-corrected chi connectivity index (χ2v) is 7.46. The molecule has 0 aliphatic heterocycles. The Hall–Kier alpha value is -3.34. The van der Waals surface area contributed by atoms with E-state index in [1.54, 1.807) is 6.92 Å². The van der Waals surface area contributed by atoms with Crippen LogP contribution in [0.3, 0.4) is 0 Å². The summed E-state index contributed by atoms with van der Waals surface area (Å²) in [6, 6.07) is 17.5. The number of H-pyrrole nitrogens is 1. The first-order valence-corrected chi connectivity index (χ1v) is 10.2. The molecule has 3 rings (SSSR count). The zero-order valence-electron chi connectivity index (χ0n) is 18.0. The summed E-state index contributed by atoms with van der Waals surface area (Å²) in [4.78, 5) is 30.5. The summed E-state index contributed by atoms with van der Waals surface area (Å²) >= 11 is 0. The molecule has 0 aliphatic carbocycles. The molecule has 2 aromatic carbocycles. The highest BCUT2D eigenvalue weighted by Gasteiger charge is 2.23. The number of aromatic amines is 1. The summed E-state index contributed by atoms with van der Waals surface area (Å²) in [5.74, 6) is -0.419. The van der Waals surface area contributed by atoms with Crippen LogP contribution >= 0.6 is 0 Å². The van der Waals surface area contributed by atoms with Crippen molar-refractivity contribution in [2.75, 3.05) is 6.61 Å². The van der Waals surface area contributed by atoms with Gasteiger partial charge in [0.25, 0.3) is 5.91 Å². The van der Waals surface area contributed by atoms with Crippen LogP contribution in [0, 0.1) is 20.8 Å². The van der Waals surface area contributed by atoms with Gasteiger partial charge < -0.3 is 14.6 Å². The van der Waals surface area contributed by atoms with Gasteiger partial charge >= 0.3 is 5.97 Å². The highest BCUT2D eigenvalue weighted by atomic mass is 16.5. The average molecular weight is 405 g/mol. The van der Waals surface area contributed by atoms with Crippen LogP contribution in [-0.2, 0) is 17.8 Å². The molecule has 0 unspecified atom stereocenters. The van der Waals surface area contributed by atoms with E-state index < -0.39 is 0 Å². The Bertz CT molecular complexity index is 1020. The van der Waals surface area contributed by atoms with E-state index in [-0.39, 0.29) is 11.9 Å². The predicted octanol–water partition coefficient (Wildman–Crippen LogP) is 4.96. The molecule has 0 saturated carbocycles. The Morgan fingerprint density at radius 1 is 0.933 bits per heavy atom. The number of aromatic nitrogens is 1. The van der Waals surface area contributed by atoms with Crippen molar-refractivity contribution >= 4 is 11.9 Å². The van der Waals surface area contributed by atoms with Gasteiger partial charge in [0.15, 0.2) is 0 Å². The van der Waals surface area contributed by atoms with Gasteiger partial charge in [0.1, 0.15) is 5.69 Å². The molecule has 0 spiro atoms. The van der Waals surface area contributed by atoms with E-state index in [0.29, 0.717) is 31.0 Å². The molecule has 0 aliphatic rings. The van der Waals surface area contributed by atoms with E-state index in [1.807, 2.05) is 80.3 Å². The van der Waals surface area contributed by atoms with Crippen molar-refractivity contribution in [1.82, 2.24) is 9.88 Å². The lowest BCUT2D eigenvalue weighted by Gasteiger charge is -2.24. The molecule has 3 aromatic rings. The standard InChI is InChI=1S/C25H28N2O3/c1-5-30-25(29)23-18(3)22(19(4)26-23)16-27(15-20-13-11-17(2)12-14-20)24(28)21-9-7-6-8-10-21/h6-14,26H,5,15-16H2,1-4H3. The summed E-state index contributed by atoms with van der Waals surface area (Å²) in [6.07, 6.45) is 0. The monoisotopic (exact) mass is 404 g/mol. The van der Waals surface area contributed by atoms with E-state index in [0.717, 1.165) is 22.4 Å². The molecule has 0 fully saturated rings. The van der Waals surface area contributed by atoms with Gasteiger partial charge in [-0.25, -0.2) is 4.79 Å². The minimum atomic E-state index is -0.371. The first-order chi connectivity index (χ1) is 14.4. The molecule has 5 nitrogen and oxygen atoms in total. The summed E-state index contributed by atoms with van der Waals surface area (Å²) in [5, 5.41) is 0. The number of hydrogen-bond acceptors (Lipinski definition) is 3. The maximum atomic E-state index is 13.3. The number of carbonyl (C=O) groups is 2. The largest absolute Gasteiger partial charge is 0.461 e. The van der Waals surface area contributed by atoms with Gasteiger partial charge in [0.05, 0.1) is 6.61 Å². The molecular weight excluding hydrogens is 376 g/mol. The van der Waals surface area contributed by atoms with Crippen LogP contribution in [-0.4, -0.2) is 28.4 Å². The van der Waals surface area contributed by atoms with Crippen molar-refractivity contribution < 1.29 is 14.3 Å². The Kier molecular flexibility index (Phi) is 6.72. The van der Waals surface area contributed by atoms with Crippen LogP contribution in [0.4, 0.5) is 0 Å². The number of carbonyl (C=O) groups excluding carboxylic acids is 2. The van der Waals surface area contributed by atoms with Crippen molar-refractivity contribution in [3.63, 3.8) is 0 Å². The molecule has 0 saturated heterocycles. The fourth-order valence-corrected chi connectivity index (χ4v) is 3.50. The number of esters is 1. The number of nitrogens with zero attached hydrogens (tertiary/aromatic N) is 1. The second-order valence-electron chi connectivity index (χ2n) is 7.46. The van der Waals surface area contributed by atoms with Crippen LogP contribution < -0.4 is 0 Å². The summed E-state index contributed by atoms with van der Waals surface area (Å²) < 4.78 is 5.15. The third-order valence-electron chi connectivity index (χ3n) is 5.22. The van der Waals surface area contributed by atoms with Gasteiger partial charge in [-0.05, 0) is 56.5 Å². The first-order valence-electron chi connectivity index (χ1n) is 10.2. The van der Waals surface area contributed by atoms with Crippen LogP contribution in [0.5, 0.6) is 0 Å². The minimum absolute atomic E-state index is 0.0474. The second kappa shape index (κ2) is 9.44. The summed E-state index contributed by atoms with van der Waals surface area (Å²) in [5.41, 5.74) is 5.95. The third-order valence-corrected chi connectivity index (χ3v) is 5.22. The molecule has 156 valence electrons. The molecule has 0 bridgehead atoms. The van der Waals surface area contributed by atoms with Gasteiger partial charge in [0.2, 0.25) is 0 Å². The average Bonchev–Trinajstić information content (AvgIpc) is 3.03. The minimum Gasteiger partial charge on any atom is -0.461 e. The fraction of sp³-hybridized carbons (Fsp3) is 0.280. The summed E-state index contributed by atoms with van der Waals surface area (Å²) in [7, 11) is 0. The van der Waals surface area contributed by atoms with Crippen LogP contribution in [0.2, 0.25) is 0 Å². The molecule has 1 aromatic heterocycles. The number of nitrogens with one attached hydrogen (secondary N) is 1. The quantitative estimate of drug-likeness (QED) is 0.566. The maximum absolute atomic E-state index is 13.3. The molecular formula is C25H28N2O3. The van der Waals surface area contributed by atoms with Crippen molar-refractivity contribution in [2.24, 2.45) is 0 Å².